The predicted octanol–water partition coefficient (Wildman–Crippen LogP) is 1.42. The van der Waals surface area contributed by atoms with E-state index in [2.05, 4.69) is 18.9 Å². The fourth-order valence-corrected chi connectivity index (χ4v) is 1.28. The molecule has 0 unspecified atom stereocenters. The van der Waals surface area contributed by atoms with Gasteiger partial charge in [0, 0.05) is 0 Å². The van der Waals surface area contributed by atoms with Gasteiger partial charge in [-0.15, -0.1) is 0 Å². The predicted molar refractivity (Wildman–Crippen MR) is 61.8 cm³/mol. The zero-order chi connectivity index (χ0) is 11.3. The molecule has 0 saturated carbocycles. The molecule has 0 fully saturated rings. The highest BCUT2D eigenvalue weighted by molar-refractivity contribution is 5.81. The van der Waals surface area contributed by atoms with Gasteiger partial charge >= 0.3 is 0 Å². The first-order chi connectivity index (χ1) is 7.15. The van der Waals surface area contributed by atoms with Crippen molar-refractivity contribution in [2.24, 2.45) is 16.7 Å². The minimum atomic E-state index is 0.222. The van der Waals surface area contributed by atoms with Crippen LogP contribution in [0.3, 0.4) is 0 Å². The summed E-state index contributed by atoms with van der Waals surface area (Å²) in [7, 11) is 0. The molecule has 0 aliphatic heterocycles. The van der Waals surface area contributed by atoms with Crippen molar-refractivity contribution in [1.82, 2.24) is 0 Å². The molecule has 0 radical (unpaired) electrons. The average molecular weight is 207 g/mol. The van der Waals surface area contributed by atoms with E-state index in [0.717, 1.165) is 11.3 Å². The van der Waals surface area contributed by atoms with E-state index in [9.17, 15) is 0 Å². The fourth-order valence-electron chi connectivity index (χ4n) is 1.28. The van der Waals surface area contributed by atoms with Gasteiger partial charge in [0.05, 0.1) is 0 Å². The van der Waals surface area contributed by atoms with Gasteiger partial charge in [-0.2, -0.15) is 5.10 Å². The van der Waals surface area contributed by atoms with Crippen molar-refractivity contribution < 1.29 is 4.74 Å². The molecule has 0 bridgehead atoms. The number of benzene rings is 1. The minimum Gasteiger partial charge on any atom is -0.485 e. The Kier molecular flexibility index (Phi) is 3.97. The Morgan fingerprint density at radius 2 is 2.07 bits per heavy atom. The SMILES string of the molecule is CC(C)c1ccccc1OC/C(N)=N/N. The molecule has 1 aromatic rings. The van der Waals surface area contributed by atoms with Crippen LogP contribution in [0.4, 0.5) is 0 Å². The fraction of sp³-hybridized carbons (Fsp3) is 0.364. The summed E-state index contributed by atoms with van der Waals surface area (Å²) in [6.07, 6.45) is 0. The molecule has 0 spiro atoms. The number of amidine groups is 1. The molecule has 0 aromatic heterocycles. The smallest absolute Gasteiger partial charge is 0.157 e. The number of nitrogens with two attached hydrogens (primary N) is 2. The van der Waals surface area contributed by atoms with Crippen molar-refractivity contribution in [3.8, 4) is 5.75 Å². The molecule has 0 aliphatic carbocycles. The summed E-state index contributed by atoms with van der Waals surface area (Å²) in [6, 6.07) is 7.87. The van der Waals surface area contributed by atoms with Gasteiger partial charge in [0.2, 0.25) is 0 Å². The maximum atomic E-state index is 5.52. The van der Waals surface area contributed by atoms with E-state index in [4.69, 9.17) is 16.3 Å². The lowest BCUT2D eigenvalue weighted by Gasteiger charge is -2.13. The Hall–Kier alpha value is -1.71. The van der Waals surface area contributed by atoms with E-state index in [1.807, 2.05) is 24.3 Å². The molecule has 4 nitrogen and oxygen atoms in total. The molecule has 4 heteroatoms. The van der Waals surface area contributed by atoms with Crippen LogP contribution in [0.5, 0.6) is 5.75 Å². The van der Waals surface area contributed by atoms with Crippen LogP contribution >= 0.6 is 0 Å². The third kappa shape index (κ3) is 3.16. The van der Waals surface area contributed by atoms with Crippen LogP contribution in [0.1, 0.15) is 25.3 Å². The van der Waals surface area contributed by atoms with Crippen LogP contribution in [0.25, 0.3) is 0 Å². The lowest BCUT2D eigenvalue weighted by Crippen LogP contribution is -2.22. The first kappa shape index (κ1) is 11.4. The Labute approximate surface area is 89.9 Å². The Morgan fingerprint density at radius 3 is 2.67 bits per heavy atom. The Bertz CT molecular complexity index is 347. The standard InChI is InChI=1S/C11H17N3O/c1-8(2)9-5-3-4-6-10(9)15-7-11(12)14-13/h3-6,8H,7,13H2,1-2H3,(H2,12,14). The highest BCUT2D eigenvalue weighted by Gasteiger charge is 2.06. The average Bonchev–Trinajstić information content (AvgIpc) is 2.26. The first-order valence-electron chi connectivity index (χ1n) is 4.89. The van der Waals surface area contributed by atoms with Gasteiger partial charge < -0.3 is 16.3 Å². The molecule has 4 N–H and O–H groups in total. The molecule has 15 heavy (non-hydrogen) atoms. The summed E-state index contributed by atoms with van der Waals surface area (Å²) < 4.78 is 5.52. The van der Waals surface area contributed by atoms with Crippen LogP contribution in [-0.4, -0.2) is 12.4 Å². The van der Waals surface area contributed by atoms with Crippen molar-refractivity contribution in [2.45, 2.75) is 19.8 Å². The monoisotopic (exact) mass is 207 g/mol. The number of hydrogen-bond acceptors (Lipinski definition) is 3. The lowest BCUT2D eigenvalue weighted by molar-refractivity contribution is 0.369. The highest BCUT2D eigenvalue weighted by Crippen LogP contribution is 2.25. The van der Waals surface area contributed by atoms with Crippen molar-refractivity contribution in [2.75, 3.05) is 6.61 Å². The van der Waals surface area contributed by atoms with Crippen molar-refractivity contribution in [3.63, 3.8) is 0 Å². The van der Waals surface area contributed by atoms with Crippen LogP contribution in [0, 0.1) is 0 Å². The van der Waals surface area contributed by atoms with Crippen molar-refractivity contribution >= 4 is 5.84 Å². The molecule has 1 aromatic carbocycles. The van der Waals surface area contributed by atoms with Crippen molar-refractivity contribution in [1.29, 1.82) is 0 Å². The van der Waals surface area contributed by atoms with Gasteiger partial charge in [0.1, 0.15) is 12.4 Å². The molecule has 0 atom stereocenters. The first-order valence-corrected chi connectivity index (χ1v) is 4.89. The zero-order valence-corrected chi connectivity index (χ0v) is 9.10. The highest BCUT2D eigenvalue weighted by atomic mass is 16.5. The maximum Gasteiger partial charge on any atom is 0.157 e. The molecular formula is C11H17N3O. The van der Waals surface area contributed by atoms with Gasteiger partial charge in [-0.3, -0.25) is 0 Å². The number of hydrogen-bond donors (Lipinski definition) is 2. The molecule has 82 valence electrons. The summed E-state index contributed by atoms with van der Waals surface area (Å²) >= 11 is 0. The number of nitrogens with zero attached hydrogens (tertiary/aromatic N) is 1. The van der Waals surface area contributed by atoms with Gasteiger partial charge in [-0.05, 0) is 17.5 Å². The third-order valence-electron chi connectivity index (χ3n) is 2.08. The second-order valence-electron chi connectivity index (χ2n) is 3.60. The summed E-state index contributed by atoms with van der Waals surface area (Å²) in [4.78, 5) is 0. The number of para-hydroxylation sites is 1. The maximum absolute atomic E-state index is 5.52. The number of rotatable bonds is 4. The van der Waals surface area contributed by atoms with Gasteiger partial charge in [-0.1, -0.05) is 32.0 Å². The second kappa shape index (κ2) is 5.24. The van der Waals surface area contributed by atoms with Gasteiger partial charge in [0.25, 0.3) is 0 Å². The van der Waals surface area contributed by atoms with Gasteiger partial charge in [0.15, 0.2) is 5.84 Å². The molecule has 1 rings (SSSR count). The minimum absolute atomic E-state index is 0.222. The van der Waals surface area contributed by atoms with Crippen molar-refractivity contribution in [3.05, 3.63) is 29.8 Å². The topological polar surface area (TPSA) is 73.6 Å². The quantitative estimate of drug-likeness (QED) is 0.339. The van der Waals surface area contributed by atoms with E-state index >= 15 is 0 Å². The van der Waals surface area contributed by atoms with Crippen LogP contribution in [0.15, 0.2) is 29.4 Å². The molecule has 0 amide bonds. The molecule has 0 aliphatic rings. The largest absolute Gasteiger partial charge is 0.485 e. The number of ether oxygens (including phenoxy) is 1. The number of hydrazone groups is 1. The van der Waals surface area contributed by atoms with Gasteiger partial charge in [-0.25, -0.2) is 0 Å². The summed E-state index contributed by atoms with van der Waals surface area (Å²) in [5.74, 6) is 6.55. The molecular weight excluding hydrogens is 190 g/mol. The Balaban J connectivity index is 2.76. The summed E-state index contributed by atoms with van der Waals surface area (Å²) in [6.45, 7) is 4.45. The third-order valence-corrected chi connectivity index (χ3v) is 2.08. The summed E-state index contributed by atoms with van der Waals surface area (Å²) in [5.41, 5.74) is 6.60. The van der Waals surface area contributed by atoms with E-state index < -0.39 is 0 Å². The van der Waals surface area contributed by atoms with E-state index in [1.54, 1.807) is 0 Å². The second-order valence-corrected chi connectivity index (χ2v) is 3.60. The zero-order valence-electron chi connectivity index (χ0n) is 9.10. The van der Waals surface area contributed by atoms with E-state index in [-0.39, 0.29) is 12.4 Å². The van der Waals surface area contributed by atoms with E-state index in [1.165, 1.54) is 0 Å². The molecule has 0 saturated heterocycles. The summed E-state index contributed by atoms with van der Waals surface area (Å²) in [5, 5.41) is 3.35. The van der Waals surface area contributed by atoms with Crippen LogP contribution < -0.4 is 16.3 Å². The normalized spacial score (nSPS) is 11.8. The van der Waals surface area contributed by atoms with Crippen LogP contribution in [-0.2, 0) is 0 Å². The molecule has 0 heterocycles. The van der Waals surface area contributed by atoms with Crippen LogP contribution in [0.2, 0.25) is 0 Å². The Morgan fingerprint density at radius 1 is 1.40 bits per heavy atom. The lowest BCUT2D eigenvalue weighted by atomic mass is 10.0. The van der Waals surface area contributed by atoms with E-state index in [0.29, 0.717) is 5.92 Å².